The Morgan fingerprint density at radius 3 is 2.48 bits per heavy atom. The van der Waals surface area contributed by atoms with Gasteiger partial charge in [0.1, 0.15) is 17.9 Å². The third kappa shape index (κ3) is 4.73. The minimum absolute atomic E-state index is 0.0580. The van der Waals surface area contributed by atoms with Crippen molar-refractivity contribution in [3.05, 3.63) is 41.7 Å². The van der Waals surface area contributed by atoms with E-state index in [1.54, 1.807) is 17.1 Å². The largest absolute Gasteiger partial charge is 0.492 e. The minimum atomic E-state index is -0.752. The third-order valence-electron chi connectivity index (χ3n) is 4.85. The molecule has 2 N–H and O–H groups in total. The molecular formula is C19H26ClN5O2. The third-order valence-corrected chi connectivity index (χ3v) is 5.10. The summed E-state index contributed by atoms with van der Waals surface area (Å²) >= 11 is 5.87. The molecular weight excluding hydrogens is 366 g/mol. The molecule has 1 amide bonds. The maximum absolute atomic E-state index is 12.9. The van der Waals surface area contributed by atoms with Crippen LogP contribution in [0.4, 0.5) is 5.69 Å². The lowest BCUT2D eigenvalue weighted by Gasteiger charge is -2.38. The first kappa shape index (κ1) is 19.5. The molecule has 27 heavy (non-hydrogen) atoms. The highest BCUT2D eigenvalue weighted by Gasteiger charge is 2.35. The number of ether oxygens (including phenoxy) is 1. The fourth-order valence-corrected chi connectivity index (χ4v) is 3.25. The number of hydrogen-bond acceptors (Lipinski definition) is 5. The fourth-order valence-electron chi connectivity index (χ4n) is 3.13. The fraction of sp³-hybridized carbons (Fsp3) is 0.474. The summed E-state index contributed by atoms with van der Waals surface area (Å²) < 4.78 is 7.38. The van der Waals surface area contributed by atoms with Crippen LogP contribution in [0, 0.1) is 0 Å². The predicted molar refractivity (Wildman–Crippen MR) is 106 cm³/mol. The molecule has 1 saturated heterocycles. The van der Waals surface area contributed by atoms with Crippen molar-refractivity contribution in [2.75, 3.05) is 45.1 Å². The number of piperazine rings is 1. The summed E-state index contributed by atoms with van der Waals surface area (Å²) in [5, 5.41) is 4.90. The van der Waals surface area contributed by atoms with Gasteiger partial charge >= 0.3 is 0 Å². The number of halogens is 1. The van der Waals surface area contributed by atoms with E-state index in [9.17, 15) is 4.79 Å². The molecule has 0 atom stereocenters. The van der Waals surface area contributed by atoms with Crippen LogP contribution in [0.25, 0.3) is 0 Å². The molecule has 2 heterocycles. The Kier molecular flexibility index (Phi) is 5.92. The number of aromatic nitrogens is 2. The molecule has 8 heteroatoms. The highest BCUT2D eigenvalue weighted by Crippen LogP contribution is 2.20. The summed E-state index contributed by atoms with van der Waals surface area (Å²) in [4.78, 5) is 17.1. The zero-order valence-electron chi connectivity index (χ0n) is 15.8. The first-order valence-electron chi connectivity index (χ1n) is 9.07. The standard InChI is InChI=1S/C19H26ClN5O2/c1-19(2,25-14-16(21)13-22-25)18(26)24-9-7-23(8-10-24)11-12-27-17-5-3-15(20)4-6-17/h3-6,13-14H,7-12,21H2,1-2H3. The highest BCUT2D eigenvalue weighted by atomic mass is 35.5. The van der Waals surface area contributed by atoms with Gasteiger partial charge in [-0.3, -0.25) is 14.4 Å². The minimum Gasteiger partial charge on any atom is -0.492 e. The Bertz CT molecular complexity index is 767. The van der Waals surface area contributed by atoms with Gasteiger partial charge in [0, 0.05) is 43.9 Å². The summed E-state index contributed by atoms with van der Waals surface area (Å²) in [6, 6.07) is 7.36. The molecule has 7 nitrogen and oxygen atoms in total. The van der Waals surface area contributed by atoms with E-state index in [1.807, 2.05) is 43.0 Å². The number of carbonyl (C=O) groups excluding carboxylic acids is 1. The van der Waals surface area contributed by atoms with Gasteiger partial charge < -0.3 is 15.4 Å². The number of rotatable bonds is 6. The van der Waals surface area contributed by atoms with Crippen LogP contribution in [0.5, 0.6) is 5.75 Å². The van der Waals surface area contributed by atoms with Crippen molar-refractivity contribution in [3.8, 4) is 5.75 Å². The van der Waals surface area contributed by atoms with Gasteiger partial charge in [0.05, 0.1) is 11.9 Å². The van der Waals surface area contributed by atoms with Crippen LogP contribution < -0.4 is 10.5 Å². The van der Waals surface area contributed by atoms with E-state index in [0.717, 1.165) is 25.4 Å². The predicted octanol–water partition coefficient (Wildman–Crippen LogP) is 2.08. The molecule has 0 unspecified atom stereocenters. The van der Waals surface area contributed by atoms with Crippen molar-refractivity contribution in [1.82, 2.24) is 19.6 Å². The maximum atomic E-state index is 12.9. The molecule has 1 aromatic carbocycles. The molecule has 1 aliphatic rings. The average Bonchev–Trinajstić information content (AvgIpc) is 3.10. The maximum Gasteiger partial charge on any atom is 0.250 e. The van der Waals surface area contributed by atoms with E-state index < -0.39 is 5.54 Å². The molecule has 0 aliphatic carbocycles. The van der Waals surface area contributed by atoms with Crippen molar-refractivity contribution in [3.63, 3.8) is 0 Å². The van der Waals surface area contributed by atoms with Gasteiger partial charge in [-0.2, -0.15) is 5.10 Å². The monoisotopic (exact) mass is 391 g/mol. The van der Waals surface area contributed by atoms with Gasteiger partial charge in [0.15, 0.2) is 0 Å². The van der Waals surface area contributed by atoms with Crippen LogP contribution in [0.15, 0.2) is 36.7 Å². The van der Waals surface area contributed by atoms with E-state index in [-0.39, 0.29) is 5.91 Å². The van der Waals surface area contributed by atoms with Crippen molar-refractivity contribution in [1.29, 1.82) is 0 Å². The van der Waals surface area contributed by atoms with Gasteiger partial charge in [-0.05, 0) is 38.1 Å². The lowest BCUT2D eigenvalue weighted by Crippen LogP contribution is -2.55. The lowest BCUT2D eigenvalue weighted by atomic mass is 10.0. The Morgan fingerprint density at radius 1 is 1.22 bits per heavy atom. The number of nitrogen functional groups attached to an aromatic ring is 1. The number of hydrogen-bond donors (Lipinski definition) is 1. The van der Waals surface area contributed by atoms with Gasteiger partial charge in [-0.15, -0.1) is 0 Å². The number of benzene rings is 1. The van der Waals surface area contributed by atoms with Gasteiger partial charge in [-0.1, -0.05) is 11.6 Å². The molecule has 3 rings (SSSR count). The Hall–Kier alpha value is -2.25. The molecule has 146 valence electrons. The molecule has 0 radical (unpaired) electrons. The zero-order chi connectivity index (χ0) is 19.4. The Balaban J connectivity index is 1.45. The second-order valence-corrected chi connectivity index (χ2v) is 7.65. The average molecular weight is 392 g/mol. The molecule has 2 aromatic rings. The first-order valence-corrected chi connectivity index (χ1v) is 9.45. The van der Waals surface area contributed by atoms with Crippen molar-refractivity contribution < 1.29 is 9.53 Å². The normalized spacial score (nSPS) is 15.7. The topological polar surface area (TPSA) is 76.6 Å². The second kappa shape index (κ2) is 8.19. The molecule has 0 bridgehead atoms. The molecule has 1 aromatic heterocycles. The first-order chi connectivity index (χ1) is 12.9. The van der Waals surface area contributed by atoms with E-state index in [4.69, 9.17) is 22.1 Å². The van der Waals surface area contributed by atoms with E-state index in [1.165, 1.54) is 0 Å². The SMILES string of the molecule is CC(C)(C(=O)N1CCN(CCOc2ccc(Cl)cc2)CC1)n1cc(N)cn1. The highest BCUT2D eigenvalue weighted by molar-refractivity contribution is 6.30. The van der Waals surface area contributed by atoms with Crippen LogP contribution in [0.2, 0.25) is 5.02 Å². The number of carbonyl (C=O) groups is 1. The molecule has 0 spiro atoms. The number of nitrogens with zero attached hydrogens (tertiary/aromatic N) is 4. The quantitative estimate of drug-likeness (QED) is 0.815. The van der Waals surface area contributed by atoms with Crippen LogP contribution in [-0.4, -0.2) is 64.8 Å². The smallest absolute Gasteiger partial charge is 0.250 e. The molecule has 1 fully saturated rings. The van der Waals surface area contributed by atoms with Crippen LogP contribution in [0.1, 0.15) is 13.8 Å². The van der Waals surface area contributed by atoms with Crippen molar-refractivity contribution in [2.24, 2.45) is 0 Å². The number of amides is 1. The summed E-state index contributed by atoms with van der Waals surface area (Å²) in [6.07, 6.45) is 3.26. The zero-order valence-corrected chi connectivity index (χ0v) is 16.5. The van der Waals surface area contributed by atoms with Gasteiger partial charge in [-0.25, -0.2) is 0 Å². The lowest BCUT2D eigenvalue weighted by molar-refractivity contribution is -0.141. The van der Waals surface area contributed by atoms with Crippen molar-refractivity contribution in [2.45, 2.75) is 19.4 Å². The van der Waals surface area contributed by atoms with Gasteiger partial charge in [0.2, 0.25) is 5.91 Å². The number of anilines is 1. The summed E-state index contributed by atoms with van der Waals surface area (Å²) in [5.41, 5.74) is 5.54. The van der Waals surface area contributed by atoms with Gasteiger partial charge in [0.25, 0.3) is 0 Å². The summed E-state index contributed by atoms with van der Waals surface area (Å²) in [7, 11) is 0. The van der Waals surface area contributed by atoms with E-state index in [2.05, 4.69) is 10.00 Å². The molecule has 0 saturated carbocycles. The van der Waals surface area contributed by atoms with Crippen LogP contribution in [0.3, 0.4) is 0 Å². The van der Waals surface area contributed by atoms with E-state index in [0.29, 0.717) is 30.4 Å². The summed E-state index contributed by atoms with van der Waals surface area (Å²) in [6.45, 7) is 8.21. The van der Waals surface area contributed by atoms with Crippen LogP contribution in [-0.2, 0) is 10.3 Å². The summed E-state index contributed by atoms with van der Waals surface area (Å²) in [5.74, 6) is 0.871. The molecule has 1 aliphatic heterocycles. The number of nitrogens with two attached hydrogens (primary N) is 1. The Morgan fingerprint density at radius 2 is 1.89 bits per heavy atom. The second-order valence-electron chi connectivity index (χ2n) is 7.21. The van der Waals surface area contributed by atoms with Crippen molar-refractivity contribution >= 4 is 23.2 Å². The Labute approximate surface area is 164 Å². The van der Waals surface area contributed by atoms with E-state index >= 15 is 0 Å². The van der Waals surface area contributed by atoms with Crippen LogP contribution >= 0.6 is 11.6 Å².